The van der Waals surface area contributed by atoms with Crippen molar-refractivity contribution in [3.05, 3.63) is 71.0 Å². The topological polar surface area (TPSA) is 85.4 Å². The highest BCUT2D eigenvalue weighted by molar-refractivity contribution is 5.94. The van der Waals surface area contributed by atoms with Crippen molar-refractivity contribution in [1.29, 1.82) is 0 Å². The van der Waals surface area contributed by atoms with Gasteiger partial charge in [-0.15, -0.1) is 0 Å². The van der Waals surface area contributed by atoms with Crippen molar-refractivity contribution in [2.75, 3.05) is 12.1 Å². The molecule has 2 aromatic carbocycles. The molecular weight excluding hydrogens is 356 g/mol. The maximum Gasteiger partial charge on any atom is 0.251 e. The maximum absolute atomic E-state index is 12.4. The minimum absolute atomic E-state index is 0.146. The van der Waals surface area contributed by atoms with Crippen LogP contribution < -0.4 is 20.1 Å². The van der Waals surface area contributed by atoms with Crippen LogP contribution in [0.15, 0.2) is 48.5 Å². The number of anilines is 2. The lowest BCUT2D eigenvalue weighted by Gasteiger charge is -2.09. The minimum atomic E-state index is -0.146. The predicted octanol–water partition coefficient (Wildman–Crippen LogP) is 3.50. The summed E-state index contributed by atoms with van der Waals surface area (Å²) in [4.78, 5) is 21.1. The molecular formula is C21H20N4O3. The molecule has 4 rings (SSSR count). The standard InChI is InChI=1S/C21H20N4O3/c1-13-9-14(2)24-21(23-13)25-17-6-4-16(5-7-17)20(26)22-11-15-3-8-18-19(10-15)28-12-27-18/h3-10H,11-12H2,1-2H3,(H,22,26)(H,23,24,25). The number of benzene rings is 2. The Morgan fingerprint density at radius 3 is 2.43 bits per heavy atom. The SMILES string of the molecule is Cc1cc(C)nc(Nc2ccc(C(=O)NCc3ccc4c(c3)OCO4)cc2)n1. The summed E-state index contributed by atoms with van der Waals surface area (Å²) in [6.45, 7) is 4.49. The zero-order chi connectivity index (χ0) is 19.5. The second-order valence-electron chi connectivity index (χ2n) is 6.55. The number of aryl methyl sites for hydroxylation is 2. The van der Waals surface area contributed by atoms with E-state index < -0.39 is 0 Å². The first-order valence-electron chi connectivity index (χ1n) is 8.93. The summed E-state index contributed by atoms with van der Waals surface area (Å²) < 4.78 is 10.6. The number of ether oxygens (including phenoxy) is 2. The summed E-state index contributed by atoms with van der Waals surface area (Å²) in [5.41, 5.74) is 4.14. The lowest BCUT2D eigenvalue weighted by Crippen LogP contribution is -2.22. The van der Waals surface area contributed by atoms with Gasteiger partial charge in [-0.1, -0.05) is 6.07 Å². The third-order valence-corrected chi connectivity index (χ3v) is 4.28. The van der Waals surface area contributed by atoms with Crippen LogP contribution in [0.4, 0.5) is 11.6 Å². The molecule has 3 aromatic rings. The molecule has 7 nitrogen and oxygen atoms in total. The van der Waals surface area contributed by atoms with E-state index in [9.17, 15) is 4.79 Å². The average Bonchev–Trinajstić information content (AvgIpc) is 3.14. The summed E-state index contributed by atoms with van der Waals surface area (Å²) in [6.07, 6.45) is 0. The van der Waals surface area contributed by atoms with Gasteiger partial charge in [-0.2, -0.15) is 0 Å². The lowest BCUT2D eigenvalue weighted by molar-refractivity contribution is 0.0951. The molecule has 0 bridgehead atoms. The molecule has 28 heavy (non-hydrogen) atoms. The predicted molar refractivity (Wildman–Crippen MR) is 105 cm³/mol. The first kappa shape index (κ1) is 17.8. The molecule has 1 aromatic heterocycles. The van der Waals surface area contributed by atoms with Gasteiger partial charge >= 0.3 is 0 Å². The molecule has 0 atom stereocenters. The maximum atomic E-state index is 12.4. The van der Waals surface area contributed by atoms with Crippen LogP contribution in [0.25, 0.3) is 0 Å². The van der Waals surface area contributed by atoms with Crippen LogP contribution in [0.5, 0.6) is 11.5 Å². The van der Waals surface area contributed by atoms with Crippen LogP contribution in [-0.2, 0) is 6.54 Å². The van der Waals surface area contributed by atoms with Gasteiger partial charge in [0.1, 0.15) is 0 Å². The van der Waals surface area contributed by atoms with Gasteiger partial charge in [0.2, 0.25) is 12.7 Å². The molecule has 1 aliphatic rings. The molecule has 7 heteroatoms. The molecule has 2 N–H and O–H groups in total. The third kappa shape index (κ3) is 4.03. The van der Waals surface area contributed by atoms with Gasteiger partial charge < -0.3 is 20.1 Å². The van der Waals surface area contributed by atoms with Crippen LogP contribution in [0.2, 0.25) is 0 Å². The van der Waals surface area contributed by atoms with Gasteiger partial charge in [-0.3, -0.25) is 4.79 Å². The number of aromatic nitrogens is 2. The molecule has 0 saturated heterocycles. The number of hydrogen-bond donors (Lipinski definition) is 2. The van der Waals surface area contributed by atoms with E-state index >= 15 is 0 Å². The van der Waals surface area contributed by atoms with E-state index in [4.69, 9.17) is 9.47 Å². The van der Waals surface area contributed by atoms with E-state index in [-0.39, 0.29) is 12.7 Å². The Hall–Kier alpha value is -3.61. The van der Waals surface area contributed by atoms with Crippen molar-refractivity contribution in [3.8, 4) is 11.5 Å². The van der Waals surface area contributed by atoms with Crippen molar-refractivity contribution >= 4 is 17.5 Å². The summed E-state index contributed by atoms with van der Waals surface area (Å²) in [5, 5.41) is 6.06. The first-order valence-corrected chi connectivity index (χ1v) is 8.93. The van der Waals surface area contributed by atoms with E-state index in [1.807, 2.05) is 50.2 Å². The molecule has 1 aliphatic heterocycles. The number of rotatable bonds is 5. The van der Waals surface area contributed by atoms with Gasteiger partial charge in [0.05, 0.1) is 0 Å². The van der Waals surface area contributed by atoms with Crippen LogP contribution >= 0.6 is 0 Å². The average molecular weight is 376 g/mol. The minimum Gasteiger partial charge on any atom is -0.454 e. The smallest absolute Gasteiger partial charge is 0.251 e. The highest BCUT2D eigenvalue weighted by Crippen LogP contribution is 2.32. The third-order valence-electron chi connectivity index (χ3n) is 4.28. The number of nitrogens with zero attached hydrogens (tertiary/aromatic N) is 2. The zero-order valence-corrected chi connectivity index (χ0v) is 15.7. The van der Waals surface area contributed by atoms with Crippen molar-refractivity contribution in [3.63, 3.8) is 0 Å². The van der Waals surface area contributed by atoms with Crippen LogP contribution in [0.1, 0.15) is 27.3 Å². The van der Waals surface area contributed by atoms with Gasteiger partial charge in [-0.05, 0) is 61.9 Å². The Morgan fingerprint density at radius 2 is 1.68 bits per heavy atom. The normalized spacial score (nSPS) is 11.9. The molecule has 0 fully saturated rings. The van der Waals surface area contributed by atoms with Crippen LogP contribution in [0.3, 0.4) is 0 Å². The van der Waals surface area contributed by atoms with Gasteiger partial charge in [-0.25, -0.2) is 9.97 Å². The fraction of sp³-hybridized carbons (Fsp3) is 0.190. The fourth-order valence-corrected chi connectivity index (χ4v) is 2.95. The Kier molecular flexibility index (Phi) is 4.80. The number of carbonyl (C=O) groups excluding carboxylic acids is 1. The Labute approximate surface area is 162 Å². The summed E-state index contributed by atoms with van der Waals surface area (Å²) in [6, 6.07) is 14.7. The van der Waals surface area contributed by atoms with Crippen molar-refractivity contribution < 1.29 is 14.3 Å². The van der Waals surface area contributed by atoms with Crippen LogP contribution in [-0.4, -0.2) is 22.7 Å². The molecule has 2 heterocycles. The summed E-state index contributed by atoms with van der Waals surface area (Å²) in [5.74, 6) is 1.83. The number of nitrogens with one attached hydrogen (secondary N) is 2. The van der Waals surface area contributed by atoms with Gasteiger partial charge in [0, 0.05) is 29.2 Å². The molecule has 142 valence electrons. The Bertz CT molecular complexity index is 998. The molecule has 0 unspecified atom stereocenters. The molecule has 1 amide bonds. The largest absolute Gasteiger partial charge is 0.454 e. The molecule has 0 radical (unpaired) electrons. The lowest BCUT2D eigenvalue weighted by atomic mass is 10.1. The quantitative estimate of drug-likeness (QED) is 0.709. The second kappa shape index (κ2) is 7.56. The first-order chi connectivity index (χ1) is 13.6. The molecule has 0 spiro atoms. The van der Waals surface area contributed by atoms with E-state index in [1.54, 1.807) is 12.1 Å². The van der Waals surface area contributed by atoms with Gasteiger partial charge in [0.25, 0.3) is 5.91 Å². The fourth-order valence-electron chi connectivity index (χ4n) is 2.95. The van der Waals surface area contributed by atoms with Crippen LogP contribution in [0, 0.1) is 13.8 Å². The summed E-state index contributed by atoms with van der Waals surface area (Å²) >= 11 is 0. The molecule has 0 saturated carbocycles. The highest BCUT2D eigenvalue weighted by atomic mass is 16.7. The van der Waals surface area contributed by atoms with Crippen molar-refractivity contribution in [2.24, 2.45) is 0 Å². The Balaban J connectivity index is 1.37. The van der Waals surface area contributed by atoms with E-state index in [1.165, 1.54) is 0 Å². The monoisotopic (exact) mass is 376 g/mol. The highest BCUT2D eigenvalue weighted by Gasteiger charge is 2.13. The van der Waals surface area contributed by atoms with Crippen molar-refractivity contribution in [2.45, 2.75) is 20.4 Å². The second-order valence-corrected chi connectivity index (χ2v) is 6.55. The Morgan fingerprint density at radius 1 is 0.964 bits per heavy atom. The number of fused-ring (bicyclic) bond motifs is 1. The zero-order valence-electron chi connectivity index (χ0n) is 15.7. The number of hydrogen-bond acceptors (Lipinski definition) is 6. The van der Waals surface area contributed by atoms with E-state index in [0.29, 0.717) is 23.8 Å². The summed E-state index contributed by atoms with van der Waals surface area (Å²) in [7, 11) is 0. The molecule has 0 aliphatic carbocycles. The van der Waals surface area contributed by atoms with Crippen molar-refractivity contribution in [1.82, 2.24) is 15.3 Å². The van der Waals surface area contributed by atoms with Gasteiger partial charge in [0.15, 0.2) is 11.5 Å². The number of amides is 1. The number of carbonyl (C=O) groups is 1. The van der Waals surface area contributed by atoms with E-state index in [2.05, 4.69) is 20.6 Å². The van der Waals surface area contributed by atoms with E-state index in [0.717, 1.165) is 28.4 Å².